The summed E-state index contributed by atoms with van der Waals surface area (Å²) in [7, 11) is 0. The normalized spacial score (nSPS) is 11.9. The van der Waals surface area contributed by atoms with E-state index in [0.29, 0.717) is 29.4 Å². The Morgan fingerprint density at radius 1 is 1.17 bits per heavy atom. The highest BCUT2D eigenvalue weighted by Crippen LogP contribution is 2.27. The zero-order chi connectivity index (χ0) is 20.4. The highest BCUT2D eigenvalue weighted by Gasteiger charge is 2.16. The van der Waals surface area contributed by atoms with E-state index in [0.717, 1.165) is 22.2 Å². The van der Waals surface area contributed by atoms with Crippen LogP contribution in [0.5, 0.6) is 0 Å². The lowest BCUT2D eigenvalue weighted by Gasteiger charge is -2.15. The van der Waals surface area contributed by atoms with Gasteiger partial charge in [0.05, 0.1) is 23.3 Å². The molecule has 6 heteroatoms. The van der Waals surface area contributed by atoms with Crippen LogP contribution in [0.1, 0.15) is 35.4 Å². The quantitative estimate of drug-likeness (QED) is 0.537. The largest absolute Gasteiger partial charge is 0.389 e. The number of aliphatic hydroxyl groups excluding tert-OH is 1. The predicted octanol–water partition coefficient (Wildman–Crippen LogP) is 4.27. The van der Waals surface area contributed by atoms with Crippen molar-refractivity contribution in [2.24, 2.45) is 0 Å². The molecule has 2 aromatic carbocycles. The third kappa shape index (κ3) is 3.56. The minimum Gasteiger partial charge on any atom is -0.389 e. The first-order valence-corrected chi connectivity index (χ1v) is 9.43. The van der Waals surface area contributed by atoms with Gasteiger partial charge >= 0.3 is 0 Å². The monoisotopic (exact) mass is 383 g/mol. The molecule has 0 saturated heterocycles. The van der Waals surface area contributed by atoms with Crippen LogP contribution in [0, 0.1) is 18.3 Å². The summed E-state index contributed by atoms with van der Waals surface area (Å²) in [5, 5.41) is 23.7. The molecule has 2 N–H and O–H groups in total. The fourth-order valence-electron chi connectivity index (χ4n) is 3.44. The highest BCUT2D eigenvalue weighted by atomic mass is 16.3. The number of benzene rings is 2. The van der Waals surface area contributed by atoms with E-state index < -0.39 is 6.10 Å². The lowest BCUT2D eigenvalue weighted by Crippen LogP contribution is -2.11. The summed E-state index contributed by atoms with van der Waals surface area (Å²) in [5.41, 5.74) is 4.18. The number of rotatable bonds is 5. The van der Waals surface area contributed by atoms with E-state index in [1.807, 2.05) is 60.0 Å². The Labute approximate surface area is 169 Å². The maximum atomic E-state index is 10.2. The fourth-order valence-corrected chi connectivity index (χ4v) is 3.44. The van der Waals surface area contributed by atoms with Crippen LogP contribution in [-0.4, -0.2) is 19.6 Å². The summed E-state index contributed by atoms with van der Waals surface area (Å²) < 4.78 is 1.93. The Balaban J connectivity index is 1.79. The fraction of sp³-hybridized carbons (Fsp3) is 0.174. The van der Waals surface area contributed by atoms with Gasteiger partial charge in [0, 0.05) is 29.4 Å². The van der Waals surface area contributed by atoms with Crippen molar-refractivity contribution >= 4 is 16.7 Å². The van der Waals surface area contributed by atoms with E-state index in [2.05, 4.69) is 16.4 Å². The summed E-state index contributed by atoms with van der Waals surface area (Å²) in [6.07, 6.45) is 0.953. The van der Waals surface area contributed by atoms with Crippen molar-refractivity contribution in [3.8, 4) is 12.0 Å². The lowest BCUT2D eigenvalue weighted by molar-refractivity contribution is 0.199. The minimum atomic E-state index is -0.699. The number of hydrogen-bond donors (Lipinski definition) is 2. The second-order valence-corrected chi connectivity index (χ2v) is 6.96. The van der Waals surface area contributed by atoms with E-state index in [9.17, 15) is 10.4 Å². The number of aryl methyl sites for hydroxylation is 1. The third-order valence-electron chi connectivity index (χ3n) is 4.91. The topological polar surface area (TPSA) is 86.8 Å². The van der Waals surface area contributed by atoms with Crippen LogP contribution < -0.4 is 5.32 Å². The SMILES string of the molecule is Cc1cc2c(C#N)cccc2n1-c1ncc(C(C)O)c(NCc2ccccc2)n1. The average Bonchev–Trinajstić information content (AvgIpc) is 3.08. The molecule has 0 spiro atoms. The van der Waals surface area contributed by atoms with Crippen molar-refractivity contribution < 1.29 is 5.11 Å². The molecule has 0 bridgehead atoms. The van der Waals surface area contributed by atoms with Crippen LogP contribution in [-0.2, 0) is 6.54 Å². The van der Waals surface area contributed by atoms with Crippen LogP contribution in [0.4, 0.5) is 5.82 Å². The Bertz CT molecular complexity index is 1210. The van der Waals surface area contributed by atoms with Crippen LogP contribution in [0.2, 0.25) is 0 Å². The van der Waals surface area contributed by atoms with Gasteiger partial charge in [0.15, 0.2) is 0 Å². The number of hydrogen-bond acceptors (Lipinski definition) is 5. The van der Waals surface area contributed by atoms with Gasteiger partial charge in [0.1, 0.15) is 5.82 Å². The Morgan fingerprint density at radius 2 is 1.97 bits per heavy atom. The van der Waals surface area contributed by atoms with Crippen molar-refractivity contribution in [3.63, 3.8) is 0 Å². The molecule has 2 aromatic heterocycles. The maximum Gasteiger partial charge on any atom is 0.236 e. The van der Waals surface area contributed by atoms with Crippen molar-refractivity contribution in [1.29, 1.82) is 5.26 Å². The third-order valence-corrected chi connectivity index (χ3v) is 4.91. The Hall–Kier alpha value is -3.69. The zero-order valence-electron chi connectivity index (χ0n) is 16.3. The number of nitrogens with one attached hydrogen (secondary N) is 1. The van der Waals surface area contributed by atoms with E-state index in [-0.39, 0.29) is 0 Å². The predicted molar refractivity (Wildman–Crippen MR) is 113 cm³/mol. The molecule has 0 saturated carbocycles. The first kappa shape index (κ1) is 18.7. The molecule has 1 unspecified atom stereocenters. The summed E-state index contributed by atoms with van der Waals surface area (Å²) >= 11 is 0. The van der Waals surface area contributed by atoms with Gasteiger partial charge in [-0.15, -0.1) is 0 Å². The first-order chi connectivity index (χ1) is 14.1. The molecule has 0 aliphatic carbocycles. The standard InChI is InChI=1S/C23H21N5O/c1-15-11-19-18(12-24)9-6-10-21(19)28(15)23-26-14-20(16(2)29)22(27-23)25-13-17-7-4-3-5-8-17/h3-11,14,16,29H,13H2,1-2H3,(H,25,26,27). The zero-order valence-corrected chi connectivity index (χ0v) is 16.3. The summed E-state index contributed by atoms with van der Waals surface area (Å²) in [4.78, 5) is 9.21. The number of anilines is 1. The van der Waals surface area contributed by atoms with Crippen LogP contribution in [0.25, 0.3) is 16.9 Å². The van der Waals surface area contributed by atoms with E-state index in [1.165, 1.54) is 0 Å². The number of nitriles is 1. The van der Waals surface area contributed by atoms with Gasteiger partial charge in [0.25, 0.3) is 0 Å². The number of fused-ring (bicyclic) bond motifs is 1. The number of nitrogens with zero attached hydrogens (tertiary/aromatic N) is 4. The summed E-state index contributed by atoms with van der Waals surface area (Å²) in [5.74, 6) is 1.08. The van der Waals surface area contributed by atoms with Crippen LogP contribution >= 0.6 is 0 Å². The van der Waals surface area contributed by atoms with Gasteiger partial charge in [-0.1, -0.05) is 36.4 Å². The molecule has 0 radical (unpaired) electrons. The van der Waals surface area contributed by atoms with Crippen molar-refractivity contribution in [1.82, 2.24) is 14.5 Å². The molecule has 4 rings (SSSR count). The second kappa shape index (κ2) is 7.74. The van der Waals surface area contributed by atoms with E-state index in [1.54, 1.807) is 19.2 Å². The highest BCUT2D eigenvalue weighted by molar-refractivity contribution is 5.88. The Morgan fingerprint density at radius 3 is 2.69 bits per heavy atom. The van der Waals surface area contributed by atoms with Gasteiger partial charge in [-0.05, 0) is 37.6 Å². The van der Waals surface area contributed by atoms with Crippen molar-refractivity contribution in [2.75, 3.05) is 5.32 Å². The molecule has 4 aromatic rings. The minimum absolute atomic E-state index is 0.493. The van der Waals surface area contributed by atoms with Crippen LogP contribution in [0.15, 0.2) is 60.8 Å². The molecule has 1 atom stereocenters. The van der Waals surface area contributed by atoms with E-state index >= 15 is 0 Å². The lowest BCUT2D eigenvalue weighted by atomic mass is 10.1. The molecular weight excluding hydrogens is 362 g/mol. The molecular formula is C23H21N5O. The Kier molecular flexibility index (Phi) is 4.98. The maximum absolute atomic E-state index is 10.2. The van der Waals surface area contributed by atoms with Crippen molar-refractivity contribution in [2.45, 2.75) is 26.5 Å². The second-order valence-electron chi connectivity index (χ2n) is 6.96. The average molecular weight is 383 g/mol. The molecule has 0 fully saturated rings. The molecule has 0 aliphatic rings. The molecule has 2 heterocycles. The molecule has 0 amide bonds. The number of aromatic nitrogens is 3. The van der Waals surface area contributed by atoms with Crippen molar-refractivity contribution in [3.05, 3.63) is 83.2 Å². The smallest absolute Gasteiger partial charge is 0.236 e. The molecule has 144 valence electrons. The number of aliphatic hydroxyl groups is 1. The summed E-state index contributed by atoms with van der Waals surface area (Å²) in [6, 6.07) is 19.8. The van der Waals surface area contributed by atoms with Gasteiger partial charge < -0.3 is 10.4 Å². The summed E-state index contributed by atoms with van der Waals surface area (Å²) in [6.45, 7) is 4.24. The van der Waals surface area contributed by atoms with Gasteiger partial charge in [-0.2, -0.15) is 10.2 Å². The molecule has 0 aliphatic heterocycles. The first-order valence-electron chi connectivity index (χ1n) is 9.43. The molecule has 6 nitrogen and oxygen atoms in total. The van der Waals surface area contributed by atoms with Gasteiger partial charge in [-0.25, -0.2) is 4.98 Å². The van der Waals surface area contributed by atoms with Gasteiger partial charge in [0.2, 0.25) is 5.95 Å². The molecule has 29 heavy (non-hydrogen) atoms. The van der Waals surface area contributed by atoms with Gasteiger partial charge in [-0.3, -0.25) is 4.57 Å². The van der Waals surface area contributed by atoms with E-state index in [4.69, 9.17) is 4.98 Å². The van der Waals surface area contributed by atoms with Crippen LogP contribution in [0.3, 0.4) is 0 Å².